The molecule has 4 unspecified atom stereocenters. The second kappa shape index (κ2) is 8.33. The van der Waals surface area contributed by atoms with Gasteiger partial charge in [0.25, 0.3) is 5.91 Å². The standard InChI is InChI=1S/C20H27N5O4S/c1-23-7-3-4-14(23)18(27)21-12-5-8-24-15(10-12)19(28)25-9-6-13(17(25)20(24)29)22-16(26)11-30-2/h3-4,7,12-13,15,17H,5-6,8-11H2,1-2H3,(H,21,27)(H,22,26). The number of amides is 4. The number of nitrogens with zero attached hydrogens (tertiary/aromatic N) is 3. The third-order valence-electron chi connectivity index (χ3n) is 6.24. The van der Waals surface area contributed by atoms with Crippen LogP contribution >= 0.6 is 11.8 Å². The number of carbonyl (C=O) groups excluding carboxylic acids is 4. The Kier molecular flexibility index (Phi) is 5.77. The normalized spacial score (nSPS) is 28.2. The number of piperazine rings is 1. The minimum Gasteiger partial charge on any atom is -0.350 e. The summed E-state index contributed by atoms with van der Waals surface area (Å²) in [6.07, 6.45) is 5.25. The Hall–Kier alpha value is -2.49. The van der Waals surface area contributed by atoms with Crippen LogP contribution in [0.5, 0.6) is 0 Å². The lowest BCUT2D eigenvalue weighted by Gasteiger charge is -2.47. The molecule has 0 spiro atoms. The van der Waals surface area contributed by atoms with Crippen LogP contribution in [0.2, 0.25) is 0 Å². The summed E-state index contributed by atoms with van der Waals surface area (Å²) in [5.74, 6) is -0.136. The van der Waals surface area contributed by atoms with Crippen molar-refractivity contribution in [2.45, 2.75) is 43.4 Å². The predicted octanol–water partition coefficient (Wildman–Crippen LogP) is -0.423. The maximum atomic E-state index is 13.2. The highest BCUT2D eigenvalue weighted by molar-refractivity contribution is 7.99. The molecule has 0 saturated carbocycles. The highest BCUT2D eigenvalue weighted by atomic mass is 32.2. The molecule has 1 aromatic rings. The van der Waals surface area contributed by atoms with Gasteiger partial charge in [0, 0.05) is 32.4 Å². The zero-order chi connectivity index (χ0) is 21.4. The Bertz CT molecular complexity index is 871. The van der Waals surface area contributed by atoms with Crippen LogP contribution in [0.4, 0.5) is 0 Å². The molecule has 0 aromatic carbocycles. The van der Waals surface area contributed by atoms with Gasteiger partial charge in [-0.1, -0.05) is 0 Å². The van der Waals surface area contributed by atoms with Crippen molar-refractivity contribution in [3.05, 3.63) is 24.0 Å². The monoisotopic (exact) mass is 433 g/mol. The van der Waals surface area contributed by atoms with Crippen LogP contribution in [-0.2, 0) is 21.4 Å². The number of fused-ring (bicyclic) bond motifs is 2. The van der Waals surface area contributed by atoms with Crippen molar-refractivity contribution in [1.29, 1.82) is 0 Å². The van der Waals surface area contributed by atoms with Gasteiger partial charge in [0.1, 0.15) is 17.8 Å². The molecule has 0 radical (unpaired) electrons. The molecule has 1 aromatic heterocycles. The van der Waals surface area contributed by atoms with Gasteiger partial charge in [-0.05, 0) is 37.7 Å². The van der Waals surface area contributed by atoms with E-state index in [2.05, 4.69) is 10.6 Å². The number of aromatic nitrogens is 1. The molecule has 3 fully saturated rings. The van der Waals surface area contributed by atoms with Crippen molar-refractivity contribution >= 4 is 35.4 Å². The summed E-state index contributed by atoms with van der Waals surface area (Å²) < 4.78 is 1.75. The summed E-state index contributed by atoms with van der Waals surface area (Å²) >= 11 is 1.42. The van der Waals surface area contributed by atoms with Crippen LogP contribution in [0, 0.1) is 0 Å². The third-order valence-corrected chi connectivity index (χ3v) is 6.79. The predicted molar refractivity (Wildman–Crippen MR) is 112 cm³/mol. The molecule has 3 saturated heterocycles. The van der Waals surface area contributed by atoms with E-state index in [1.165, 1.54) is 11.8 Å². The molecule has 30 heavy (non-hydrogen) atoms. The van der Waals surface area contributed by atoms with E-state index in [0.717, 1.165) is 0 Å². The van der Waals surface area contributed by atoms with Gasteiger partial charge < -0.3 is 25.0 Å². The van der Waals surface area contributed by atoms with Crippen molar-refractivity contribution < 1.29 is 19.2 Å². The highest BCUT2D eigenvalue weighted by Crippen LogP contribution is 2.32. The number of thioether (sulfide) groups is 1. The molecule has 4 amide bonds. The SMILES string of the molecule is CSCC(=O)NC1CCN2C(=O)C3CC(NC(=O)c4cccn4C)CCN3C(=O)C12. The van der Waals surface area contributed by atoms with E-state index in [4.69, 9.17) is 0 Å². The number of nitrogens with one attached hydrogen (secondary N) is 2. The van der Waals surface area contributed by atoms with Crippen molar-refractivity contribution in [3.8, 4) is 0 Å². The van der Waals surface area contributed by atoms with E-state index in [0.29, 0.717) is 43.8 Å². The van der Waals surface area contributed by atoms with Gasteiger partial charge in [-0.25, -0.2) is 0 Å². The van der Waals surface area contributed by atoms with Gasteiger partial charge in [-0.15, -0.1) is 0 Å². The zero-order valence-electron chi connectivity index (χ0n) is 17.2. The van der Waals surface area contributed by atoms with Crippen molar-refractivity contribution in [2.75, 3.05) is 25.1 Å². The highest BCUT2D eigenvalue weighted by Gasteiger charge is 2.53. The summed E-state index contributed by atoms with van der Waals surface area (Å²) in [4.78, 5) is 54.1. The number of piperidine rings is 1. The molecule has 3 aliphatic heterocycles. The molecular weight excluding hydrogens is 406 g/mol. The average Bonchev–Trinajstić information content (AvgIpc) is 3.33. The Morgan fingerprint density at radius 3 is 2.60 bits per heavy atom. The first-order valence-electron chi connectivity index (χ1n) is 10.2. The van der Waals surface area contributed by atoms with Crippen LogP contribution in [0.1, 0.15) is 29.8 Å². The van der Waals surface area contributed by atoms with E-state index < -0.39 is 12.1 Å². The maximum Gasteiger partial charge on any atom is 0.268 e. The summed E-state index contributed by atoms with van der Waals surface area (Å²) in [6, 6.07) is 1.89. The minimum absolute atomic E-state index is 0.0842. The molecule has 0 bridgehead atoms. The van der Waals surface area contributed by atoms with Crippen molar-refractivity contribution in [3.63, 3.8) is 0 Å². The molecule has 4 heterocycles. The fraction of sp³-hybridized carbons (Fsp3) is 0.600. The first-order chi connectivity index (χ1) is 14.4. The van der Waals surface area contributed by atoms with Gasteiger partial charge in [-0.2, -0.15) is 11.8 Å². The molecule has 0 aliphatic carbocycles. The molecule has 4 atom stereocenters. The van der Waals surface area contributed by atoms with E-state index in [-0.39, 0.29) is 35.7 Å². The zero-order valence-corrected chi connectivity index (χ0v) is 18.0. The number of rotatable bonds is 5. The number of aryl methyl sites for hydroxylation is 1. The van der Waals surface area contributed by atoms with Crippen LogP contribution in [0.3, 0.4) is 0 Å². The molecule has 4 rings (SSSR count). The van der Waals surface area contributed by atoms with Crippen molar-refractivity contribution in [1.82, 2.24) is 25.0 Å². The van der Waals surface area contributed by atoms with Crippen LogP contribution in [-0.4, -0.2) is 87.3 Å². The summed E-state index contributed by atoms with van der Waals surface area (Å²) in [5.41, 5.74) is 0.562. The fourth-order valence-corrected chi connectivity index (χ4v) is 5.13. The maximum absolute atomic E-state index is 13.2. The fourth-order valence-electron chi connectivity index (χ4n) is 4.79. The van der Waals surface area contributed by atoms with Crippen LogP contribution in [0.15, 0.2) is 18.3 Å². The van der Waals surface area contributed by atoms with E-state index in [1.54, 1.807) is 20.4 Å². The molecule has 10 heteroatoms. The molecule has 3 aliphatic rings. The van der Waals surface area contributed by atoms with Gasteiger partial charge in [0.05, 0.1) is 11.8 Å². The van der Waals surface area contributed by atoms with E-state index in [1.807, 2.05) is 25.6 Å². The Labute approximate surface area is 179 Å². The minimum atomic E-state index is -0.617. The van der Waals surface area contributed by atoms with Gasteiger partial charge >= 0.3 is 0 Å². The first kappa shape index (κ1) is 20.8. The van der Waals surface area contributed by atoms with Gasteiger partial charge in [-0.3, -0.25) is 19.2 Å². The van der Waals surface area contributed by atoms with E-state index >= 15 is 0 Å². The summed E-state index contributed by atoms with van der Waals surface area (Å²) in [5, 5.41) is 5.93. The topological polar surface area (TPSA) is 104 Å². The Balaban J connectivity index is 1.43. The summed E-state index contributed by atoms with van der Waals surface area (Å²) in [6.45, 7) is 0.882. The molecule has 2 N–H and O–H groups in total. The van der Waals surface area contributed by atoms with Gasteiger partial charge in [0.2, 0.25) is 17.7 Å². The third kappa shape index (κ3) is 3.68. The number of hydrogen-bond donors (Lipinski definition) is 2. The van der Waals surface area contributed by atoms with Crippen LogP contribution < -0.4 is 10.6 Å². The summed E-state index contributed by atoms with van der Waals surface area (Å²) in [7, 11) is 1.81. The largest absolute Gasteiger partial charge is 0.350 e. The molecular formula is C20H27N5O4S. The van der Waals surface area contributed by atoms with Gasteiger partial charge in [0.15, 0.2) is 0 Å². The van der Waals surface area contributed by atoms with Crippen molar-refractivity contribution in [2.24, 2.45) is 7.05 Å². The number of hydrogen-bond acceptors (Lipinski definition) is 5. The first-order valence-corrected chi connectivity index (χ1v) is 11.6. The van der Waals surface area contributed by atoms with Crippen LogP contribution in [0.25, 0.3) is 0 Å². The molecule has 9 nitrogen and oxygen atoms in total. The lowest BCUT2D eigenvalue weighted by molar-refractivity contribution is -0.162. The Morgan fingerprint density at radius 2 is 1.90 bits per heavy atom. The Morgan fingerprint density at radius 1 is 1.13 bits per heavy atom. The lowest BCUT2D eigenvalue weighted by atomic mass is 9.91. The lowest BCUT2D eigenvalue weighted by Crippen LogP contribution is -2.69. The van der Waals surface area contributed by atoms with E-state index in [9.17, 15) is 19.2 Å². The second-order valence-corrected chi connectivity index (χ2v) is 8.98. The quantitative estimate of drug-likeness (QED) is 0.656. The second-order valence-electron chi connectivity index (χ2n) is 8.12. The smallest absolute Gasteiger partial charge is 0.268 e. The number of carbonyl (C=O) groups is 4. The molecule has 162 valence electrons. The average molecular weight is 434 g/mol.